The molecule has 0 aliphatic rings. The first-order chi connectivity index (χ1) is 9.54. The molecule has 20 heavy (non-hydrogen) atoms. The molecule has 0 radical (unpaired) electrons. The molecule has 2 rings (SSSR count). The molecule has 1 amide bonds. The van der Waals surface area contributed by atoms with Crippen molar-refractivity contribution in [3.63, 3.8) is 0 Å². The Morgan fingerprint density at radius 2 is 1.80 bits per heavy atom. The number of rotatable bonds is 3. The first-order valence-electron chi connectivity index (χ1n) is 5.63. The van der Waals surface area contributed by atoms with Crippen LogP contribution in [0.1, 0.15) is 10.4 Å². The van der Waals surface area contributed by atoms with Crippen LogP contribution in [0.25, 0.3) is 0 Å². The number of aromatic nitrogens is 1. The van der Waals surface area contributed by atoms with E-state index in [4.69, 9.17) is 18.0 Å². The lowest BCUT2D eigenvalue weighted by Crippen LogP contribution is -2.19. The summed E-state index contributed by atoms with van der Waals surface area (Å²) >= 11 is 8.52. The molecular weight excluding hydrogens is 340 g/mol. The van der Waals surface area contributed by atoms with E-state index in [9.17, 15) is 4.79 Å². The molecule has 0 atom stereocenters. The van der Waals surface area contributed by atoms with Gasteiger partial charge in [-0.15, -0.1) is 0 Å². The van der Waals surface area contributed by atoms with Crippen molar-refractivity contribution in [1.29, 1.82) is 0 Å². The fourth-order valence-corrected chi connectivity index (χ4v) is 2.09. The zero-order valence-corrected chi connectivity index (χ0v) is 12.7. The monoisotopic (exact) mass is 350 g/mol. The van der Waals surface area contributed by atoms with Gasteiger partial charge in [0.1, 0.15) is 0 Å². The van der Waals surface area contributed by atoms with E-state index in [2.05, 4.69) is 31.5 Å². The highest BCUT2D eigenvalue weighted by Gasteiger charge is 2.02. The molecule has 1 aromatic carbocycles. The number of anilines is 2. The molecule has 0 aliphatic heterocycles. The summed E-state index contributed by atoms with van der Waals surface area (Å²) < 4.78 is 0.858. The average molecular weight is 351 g/mol. The van der Waals surface area contributed by atoms with Crippen molar-refractivity contribution in [1.82, 2.24) is 4.98 Å². The van der Waals surface area contributed by atoms with Crippen LogP contribution in [-0.2, 0) is 0 Å². The van der Waals surface area contributed by atoms with Crippen molar-refractivity contribution in [3.8, 4) is 0 Å². The van der Waals surface area contributed by atoms with E-state index >= 15 is 0 Å². The van der Waals surface area contributed by atoms with Gasteiger partial charge in [-0.25, -0.2) is 0 Å². The van der Waals surface area contributed by atoms with Crippen molar-refractivity contribution in [2.75, 3.05) is 10.6 Å². The van der Waals surface area contributed by atoms with Crippen LogP contribution >= 0.6 is 28.1 Å². The third-order valence-electron chi connectivity index (χ3n) is 2.39. The summed E-state index contributed by atoms with van der Waals surface area (Å²) in [7, 11) is 0. The van der Waals surface area contributed by atoms with Gasteiger partial charge in [0.15, 0.2) is 5.11 Å². The van der Waals surface area contributed by atoms with Crippen molar-refractivity contribution in [2.45, 2.75) is 0 Å². The van der Waals surface area contributed by atoms with E-state index in [0.717, 1.165) is 15.8 Å². The molecule has 1 heterocycles. The van der Waals surface area contributed by atoms with Gasteiger partial charge >= 0.3 is 0 Å². The fourth-order valence-electron chi connectivity index (χ4n) is 1.49. The number of amides is 1. The Labute approximate surface area is 129 Å². The summed E-state index contributed by atoms with van der Waals surface area (Å²) in [6.45, 7) is 0. The van der Waals surface area contributed by atoms with Gasteiger partial charge in [0.25, 0.3) is 0 Å². The lowest BCUT2D eigenvalue weighted by molar-refractivity contribution is 0.100. The van der Waals surface area contributed by atoms with Crippen molar-refractivity contribution in [2.24, 2.45) is 5.73 Å². The minimum absolute atomic E-state index is 0.428. The second-order valence-electron chi connectivity index (χ2n) is 3.91. The maximum atomic E-state index is 11.0. The molecule has 0 bridgehead atoms. The molecule has 0 saturated heterocycles. The topological polar surface area (TPSA) is 80.0 Å². The number of carbonyl (C=O) groups excluding carboxylic acids is 1. The van der Waals surface area contributed by atoms with Crippen molar-refractivity contribution >= 4 is 50.5 Å². The van der Waals surface area contributed by atoms with Crippen LogP contribution < -0.4 is 16.4 Å². The molecular formula is C13H11BrN4OS. The second kappa shape index (κ2) is 6.44. The lowest BCUT2D eigenvalue weighted by atomic mass is 10.2. The maximum Gasteiger partial charge on any atom is 0.248 e. The van der Waals surface area contributed by atoms with Crippen LogP contribution in [0.15, 0.2) is 47.2 Å². The Morgan fingerprint density at radius 3 is 2.40 bits per heavy atom. The quantitative estimate of drug-likeness (QED) is 0.741. The van der Waals surface area contributed by atoms with Crippen molar-refractivity contribution < 1.29 is 4.79 Å². The van der Waals surface area contributed by atoms with Crippen LogP contribution in [0, 0.1) is 0 Å². The highest BCUT2D eigenvalue weighted by atomic mass is 79.9. The van der Waals surface area contributed by atoms with Gasteiger partial charge in [0.2, 0.25) is 5.91 Å². The van der Waals surface area contributed by atoms with Gasteiger partial charge in [-0.1, -0.05) is 0 Å². The van der Waals surface area contributed by atoms with E-state index in [0.29, 0.717) is 10.7 Å². The van der Waals surface area contributed by atoms with Gasteiger partial charge in [-0.2, -0.15) is 0 Å². The van der Waals surface area contributed by atoms with Crippen LogP contribution in [0.2, 0.25) is 0 Å². The van der Waals surface area contributed by atoms with E-state index in [1.807, 2.05) is 6.07 Å². The number of hydrogen-bond acceptors (Lipinski definition) is 3. The first-order valence-corrected chi connectivity index (χ1v) is 6.83. The van der Waals surface area contributed by atoms with Gasteiger partial charge in [-0.3, -0.25) is 9.78 Å². The predicted molar refractivity (Wildman–Crippen MR) is 86.7 cm³/mol. The number of hydrogen-bond donors (Lipinski definition) is 3. The van der Waals surface area contributed by atoms with Crippen LogP contribution in [0.4, 0.5) is 11.4 Å². The zero-order valence-electron chi connectivity index (χ0n) is 10.3. The lowest BCUT2D eigenvalue weighted by Gasteiger charge is -2.10. The molecule has 4 N–H and O–H groups in total. The Balaban J connectivity index is 1.99. The van der Waals surface area contributed by atoms with E-state index in [1.54, 1.807) is 36.7 Å². The largest absolute Gasteiger partial charge is 0.366 e. The molecule has 2 aromatic rings. The molecule has 0 unspecified atom stereocenters. The van der Waals surface area contributed by atoms with Crippen LogP contribution in [0.5, 0.6) is 0 Å². The Morgan fingerprint density at radius 1 is 1.15 bits per heavy atom. The molecule has 0 aliphatic carbocycles. The number of carbonyl (C=O) groups is 1. The number of primary amides is 1. The average Bonchev–Trinajstić information content (AvgIpc) is 2.39. The summed E-state index contributed by atoms with van der Waals surface area (Å²) in [5, 5.41) is 6.43. The van der Waals surface area contributed by atoms with Gasteiger partial charge in [-0.05, 0) is 58.5 Å². The zero-order chi connectivity index (χ0) is 14.5. The van der Waals surface area contributed by atoms with Crippen LogP contribution in [-0.4, -0.2) is 16.0 Å². The third-order valence-corrected chi connectivity index (χ3v) is 3.03. The van der Waals surface area contributed by atoms with Gasteiger partial charge in [0.05, 0.1) is 11.9 Å². The fraction of sp³-hybridized carbons (Fsp3) is 0. The van der Waals surface area contributed by atoms with E-state index in [-0.39, 0.29) is 0 Å². The maximum absolute atomic E-state index is 11.0. The first kappa shape index (κ1) is 14.4. The summed E-state index contributed by atoms with van der Waals surface area (Å²) in [4.78, 5) is 15.0. The van der Waals surface area contributed by atoms with E-state index in [1.165, 1.54) is 0 Å². The SMILES string of the molecule is NC(=O)c1ccc(NC(=S)Nc2cncc(Br)c2)cc1. The smallest absolute Gasteiger partial charge is 0.248 e. The molecule has 0 fully saturated rings. The summed E-state index contributed by atoms with van der Waals surface area (Å²) in [6.07, 6.45) is 3.35. The Kier molecular flexibility index (Phi) is 4.65. The molecule has 5 nitrogen and oxygen atoms in total. The second-order valence-corrected chi connectivity index (χ2v) is 5.24. The Bertz CT molecular complexity index is 645. The number of nitrogens with zero attached hydrogens (tertiary/aromatic N) is 1. The minimum Gasteiger partial charge on any atom is -0.366 e. The standard InChI is InChI=1S/C13H11BrN4OS/c14-9-5-11(7-16-6-9)18-13(20)17-10-3-1-8(2-4-10)12(15)19/h1-7H,(H2,15,19)(H2,17,18,20). The van der Waals surface area contributed by atoms with Crippen LogP contribution in [0.3, 0.4) is 0 Å². The summed E-state index contributed by atoms with van der Waals surface area (Å²) in [5.41, 5.74) is 7.15. The Hall–Kier alpha value is -1.99. The minimum atomic E-state index is -0.461. The highest BCUT2D eigenvalue weighted by molar-refractivity contribution is 9.10. The molecule has 0 saturated carbocycles. The summed E-state index contributed by atoms with van der Waals surface area (Å²) in [6, 6.07) is 8.58. The molecule has 0 spiro atoms. The predicted octanol–water partition coefficient (Wildman–Crippen LogP) is 2.75. The summed E-state index contributed by atoms with van der Waals surface area (Å²) in [5.74, 6) is -0.461. The highest BCUT2D eigenvalue weighted by Crippen LogP contribution is 2.14. The molecule has 1 aromatic heterocycles. The number of nitrogens with one attached hydrogen (secondary N) is 2. The third kappa shape index (κ3) is 4.01. The van der Waals surface area contributed by atoms with Gasteiger partial charge < -0.3 is 16.4 Å². The van der Waals surface area contributed by atoms with E-state index < -0.39 is 5.91 Å². The van der Waals surface area contributed by atoms with Crippen molar-refractivity contribution in [3.05, 3.63) is 52.8 Å². The number of halogens is 1. The number of nitrogens with two attached hydrogens (primary N) is 1. The molecule has 7 heteroatoms. The van der Waals surface area contributed by atoms with Gasteiger partial charge in [0, 0.05) is 21.9 Å². The normalized spacial score (nSPS) is 9.85. The number of benzene rings is 1. The molecule has 102 valence electrons. The number of pyridine rings is 1. The number of thiocarbonyl (C=S) groups is 1.